The van der Waals surface area contributed by atoms with Crippen molar-refractivity contribution < 1.29 is 43.2 Å². The Labute approximate surface area is 211 Å². The predicted octanol–water partition coefficient (Wildman–Crippen LogP) is 3.22. The fourth-order valence-corrected chi connectivity index (χ4v) is 3.60. The highest BCUT2D eigenvalue weighted by atomic mass is 16.7. The molecular formula is C26H35NO9. The van der Waals surface area contributed by atoms with Crippen LogP contribution in [-0.4, -0.2) is 67.6 Å². The molecule has 7 atom stereocenters. The van der Waals surface area contributed by atoms with Crippen LogP contribution in [0.15, 0.2) is 55.6 Å². The highest BCUT2D eigenvalue weighted by Gasteiger charge is 2.53. The summed E-state index contributed by atoms with van der Waals surface area (Å²) in [5.41, 5.74) is 0.462. The number of carbonyl (C=O) groups is 3. The number of aliphatic hydroxyl groups excluding tert-OH is 1. The van der Waals surface area contributed by atoms with Crippen molar-refractivity contribution in [2.24, 2.45) is 11.8 Å². The molecule has 0 aliphatic carbocycles. The van der Waals surface area contributed by atoms with Crippen LogP contribution in [0.3, 0.4) is 0 Å². The fourth-order valence-electron chi connectivity index (χ4n) is 3.60. The Morgan fingerprint density at radius 2 is 1.53 bits per heavy atom. The molecule has 0 saturated carbocycles. The summed E-state index contributed by atoms with van der Waals surface area (Å²) < 4.78 is 28.0. The Morgan fingerprint density at radius 1 is 0.972 bits per heavy atom. The van der Waals surface area contributed by atoms with Crippen molar-refractivity contribution in [3.8, 4) is 0 Å². The second-order valence-corrected chi connectivity index (χ2v) is 8.48. The highest BCUT2D eigenvalue weighted by Crippen LogP contribution is 2.30. The number of hydrogen-bond donors (Lipinski definition) is 2. The van der Waals surface area contributed by atoms with E-state index in [0.717, 1.165) is 0 Å². The molecule has 0 bridgehead atoms. The molecule has 198 valence electrons. The number of methoxy groups -OCH3 is 1. The maximum atomic E-state index is 12.9. The van der Waals surface area contributed by atoms with E-state index in [9.17, 15) is 19.5 Å². The number of rotatable bonds is 12. The lowest BCUT2D eigenvalue weighted by atomic mass is 9.97. The first-order valence-corrected chi connectivity index (χ1v) is 11.7. The summed E-state index contributed by atoms with van der Waals surface area (Å²) >= 11 is 0. The van der Waals surface area contributed by atoms with Crippen LogP contribution in [0.25, 0.3) is 0 Å². The summed E-state index contributed by atoms with van der Waals surface area (Å²) in [6, 6.07) is 8.55. The zero-order valence-electron chi connectivity index (χ0n) is 20.8. The molecule has 1 amide bonds. The molecule has 0 aromatic heterocycles. The number of benzene rings is 1. The van der Waals surface area contributed by atoms with Crippen LogP contribution in [-0.2, 0) is 33.3 Å². The average Bonchev–Trinajstić information content (AvgIpc) is 2.86. The summed E-state index contributed by atoms with van der Waals surface area (Å²) in [4.78, 5) is 38.3. The van der Waals surface area contributed by atoms with E-state index in [2.05, 4.69) is 18.5 Å². The van der Waals surface area contributed by atoms with Gasteiger partial charge in [0.25, 0.3) is 0 Å². The van der Waals surface area contributed by atoms with Gasteiger partial charge in [-0.2, -0.15) is 0 Å². The Morgan fingerprint density at radius 3 is 2.03 bits per heavy atom. The molecule has 0 unspecified atom stereocenters. The summed E-state index contributed by atoms with van der Waals surface area (Å²) in [7, 11) is 1.32. The number of hydrogen-bond acceptors (Lipinski definition) is 9. The number of aliphatic hydroxyl groups is 1. The first-order chi connectivity index (χ1) is 17.2. The standard InChI is InChI=1S/C26H35NO9/c1-6-11-16(3)23(29)34-21-20(36-26(31)27-18-13-9-8-10-14-18)19(15-28)33-25(32-5)22(21)35-24(30)17(4)12-7-2/h6-10,13-14,16-17,19-22,25,28H,1-2,11-12,15H2,3-5H3,(H,27,31)/t16-,17-,19+,20-,21-,22+,25-/m0/s1. The minimum atomic E-state index is -1.33. The lowest BCUT2D eigenvalue weighted by molar-refractivity contribution is -0.300. The van der Waals surface area contributed by atoms with E-state index in [0.29, 0.717) is 18.5 Å². The van der Waals surface area contributed by atoms with Gasteiger partial charge >= 0.3 is 18.0 Å². The van der Waals surface area contributed by atoms with E-state index in [1.54, 1.807) is 56.3 Å². The van der Waals surface area contributed by atoms with E-state index in [1.807, 2.05) is 0 Å². The SMILES string of the molecule is C=CC[C@H](C)C(=O)O[C@H]1[C@@H](OC(=O)Nc2ccccc2)[C@@H](CO)O[C@H](OC)[C@@H]1OC(=O)[C@@H](C)CC=C. The Hall–Kier alpha value is -3.21. The molecule has 1 aliphatic heterocycles. The molecule has 1 aromatic rings. The quantitative estimate of drug-likeness (QED) is 0.250. The minimum absolute atomic E-state index is 0.333. The van der Waals surface area contributed by atoms with Gasteiger partial charge < -0.3 is 28.8 Å². The number of para-hydroxylation sites is 1. The van der Waals surface area contributed by atoms with Crippen LogP contribution < -0.4 is 5.32 Å². The first-order valence-electron chi connectivity index (χ1n) is 11.7. The lowest BCUT2D eigenvalue weighted by Crippen LogP contribution is -2.63. The van der Waals surface area contributed by atoms with E-state index >= 15 is 0 Å². The van der Waals surface area contributed by atoms with Crippen LogP contribution in [0.2, 0.25) is 0 Å². The predicted molar refractivity (Wildman–Crippen MR) is 131 cm³/mol. The molecule has 1 fully saturated rings. The lowest BCUT2D eigenvalue weighted by Gasteiger charge is -2.44. The number of carbonyl (C=O) groups excluding carboxylic acids is 3. The number of esters is 2. The Balaban J connectivity index is 2.38. The maximum absolute atomic E-state index is 12.9. The van der Waals surface area contributed by atoms with Crippen molar-refractivity contribution in [3.05, 3.63) is 55.6 Å². The fraction of sp³-hybridized carbons (Fsp3) is 0.500. The third-order valence-corrected chi connectivity index (χ3v) is 5.62. The summed E-state index contributed by atoms with van der Waals surface area (Å²) in [5.74, 6) is -2.37. The van der Waals surface area contributed by atoms with Crippen molar-refractivity contribution in [1.82, 2.24) is 0 Å². The van der Waals surface area contributed by atoms with Gasteiger partial charge in [-0.05, 0) is 25.0 Å². The normalized spacial score (nSPS) is 25.1. The molecule has 2 N–H and O–H groups in total. The van der Waals surface area contributed by atoms with Crippen LogP contribution >= 0.6 is 0 Å². The van der Waals surface area contributed by atoms with Crippen molar-refractivity contribution in [3.63, 3.8) is 0 Å². The molecule has 0 spiro atoms. The minimum Gasteiger partial charge on any atom is -0.454 e. The first kappa shape index (κ1) is 29.0. The van der Waals surface area contributed by atoms with Gasteiger partial charge in [-0.3, -0.25) is 14.9 Å². The van der Waals surface area contributed by atoms with Crippen LogP contribution in [0.1, 0.15) is 26.7 Å². The smallest absolute Gasteiger partial charge is 0.412 e. The third kappa shape index (κ3) is 7.91. The van der Waals surface area contributed by atoms with E-state index in [-0.39, 0.29) is 0 Å². The van der Waals surface area contributed by atoms with Gasteiger partial charge in [-0.1, -0.05) is 44.2 Å². The Kier molecular flexibility index (Phi) is 11.6. The van der Waals surface area contributed by atoms with E-state index in [4.69, 9.17) is 23.7 Å². The van der Waals surface area contributed by atoms with Gasteiger partial charge in [0.1, 0.15) is 6.10 Å². The molecule has 0 radical (unpaired) electrons. The monoisotopic (exact) mass is 505 g/mol. The number of amides is 1. The van der Waals surface area contributed by atoms with Crippen molar-refractivity contribution in [2.75, 3.05) is 19.0 Å². The molecule has 10 nitrogen and oxygen atoms in total. The van der Waals surface area contributed by atoms with Gasteiger partial charge in [0.15, 0.2) is 24.6 Å². The van der Waals surface area contributed by atoms with Crippen molar-refractivity contribution in [1.29, 1.82) is 0 Å². The van der Waals surface area contributed by atoms with Crippen molar-refractivity contribution >= 4 is 23.7 Å². The zero-order chi connectivity index (χ0) is 26.7. The molecule has 1 aromatic carbocycles. The number of anilines is 1. The Bertz CT molecular complexity index is 891. The molecule has 1 saturated heterocycles. The maximum Gasteiger partial charge on any atom is 0.412 e. The molecule has 2 rings (SSSR count). The van der Waals surface area contributed by atoms with Gasteiger partial charge in [-0.25, -0.2) is 4.79 Å². The highest BCUT2D eigenvalue weighted by molar-refractivity contribution is 5.84. The number of allylic oxidation sites excluding steroid dienone is 2. The number of ether oxygens (including phenoxy) is 5. The largest absolute Gasteiger partial charge is 0.454 e. The summed E-state index contributed by atoms with van der Waals surface area (Å²) in [6.45, 7) is 9.96. The topological polar surface area (TPSA) is 130 Å². The average molecular weight is 506 g/mol. The van der Waals surface area contributed by atoms with E-state index < -0.39 is 67.2 Å². The van der Waals surface area contributed by atoms with Gasteiger partial charge in [0.05, 0.1) is 18.4 Å². The van der Waals surface area contributed by atoms with Crippen LogP contribution in [0.4, 0.5) is 10.5 Å². The number of nitrogens with one attached hydrogen (secondary N) is 1. The summed E-state index contributed by atoms with van der Waals surface area (Å²) in [5, 5.41) is 12.5. The molecular weight excluding hydrogens is 470 g/mol. The van der Waals surface area contributed by atoms with Crippen LogP contribution in [0, 0.1) is 11.8 Å². The van der Waals surface area contributed by atoms with Crippen LogP contribution in [0.5, 0.6) is 0 Å². The molecule has 10 heteroatoms. The molecule has 1 aliphatic rings. The third-order valence-electron chi connectivity index (χ3n) is 5.62. The van der Waals surface area contributed by atoms with E-state index in [1.165, 1.54) is 7.11 Å². The van der Waals surface area contributed by atoms with Gasteiger partial charge in [0, 0.05) is 12.8 Å². The molecule has 1 heterocycles. The van der Waals surface area contributed by atoms with Gasteiger partial charge in [-0.15, -0.1) is 13.2 Å². The van der Waals surface area contributed by atoms with Crippen molar-refractivity contribution in [2.45, 2.75) is 57.4 Å². The second-order valence-electron chi connectivity index (χ2n) is 8.48. The zero-order valence-corrected chi connectivity index (χ0v) is 20.8. The van der Waals surface area contributed by atoms with Gasteiger partial charge in [0.2, 0.25) is 0 Å². The second kappa shape index (κ2) is 14.4. The molecule has 36 heavy (non-hydrogen) atoms. The summed E-state index contributed by atoms with van der Waals surface area (Å²) in [6.07, 6.45) is -3.33.